The lowest BCUT2D eigenvalue weighted by molar-refractivity contribution is -0.118. The summed E-state index contributed by atoms with van der Waals surface area (Å²) in [5.41, 5.74) is 3.42. The molecular weight excluding hydrogens is 344 g/mol. The maximum atomic E-state index is 12.7. The monoisotopic (exact) mass is 362 g/mol. The maximum absolute atomic E-state index is 12.7. The molecule has 2 heterocycles. The first-order valence-corrected chi connectivity index (χ1v) is 9.53. The van der Waals surface area contributed by atoms with Crippen molar-refractivity contribution in [3.05, 3.63) is 70.5 Å². The van der Waals surface area contributed by atoms with E-state index in [9.17, 15) is 9.59 Å². The molecule has 0 spiro atoms. The molecule has 1 amide bonds. The van der Waals surface area contributed by atoms with Crippen molar-refractivity contribution < 1.29 is 9.59 Å². The van der Waals surface area contributed by atoms with E-state index in [0.717, 1.165) is 22.0 Å². The van der Waals surface area contributed by atoms with E-state index < -0.39 is 0 Å². The van der Waals surface area contributed by atoms with Gasteiger partial charge in [0.15, 0.2) is 5.78 Å². The summed E-state index contributed by atoms with van der Waals surface area (Å²) in [5.74, 6) is 0.151. The number of carbonyl (C=O) groups is 2. The summed E-state index contributed by atoms with van der Waals surface area (Å²) in [6.07, 6.45) is 1.39. The van der Waals surface area contributed by atoms with Crippen molar-refractivity contribution in [2.75, 3.05) is 11.4 Å². The van der Waals surface area contributed by atoms with Gasteiger partial charge in [0, 0.05) is 42.3 Å². The van der Waals surface area contributed by atoms with E-state index in [2.05, 4.69) is 4.98 Å². The minimum absolute atomic E-state index is 0.0430. The summed E-state index contributed by atoms with van der Waals surface area (Å²) in [7, 11) is 0. The molecule has 2 aromatic carbocycles. The number of carbonyl (C=O) groups excluding carboxylic acids is 2. The predicted octanol–water partition coefficient (Wildman–Crippen LogP) is 4.36. The molecule has 0 atom stereocenters. The van der Waals surface area contributed by atoms with Crippen molar-refractivity contribution >= 4 is 28.7 Å². The van der Waals surface area contributed by atoms with Gasteiger partial charge in [-0.3, -0.25) is 9.59 Å². The van der Waals surface area contributed by atoms with E-state index in [4.69, 9.17) is 0 Å². The fraction of sp³-hybridized carbons (Fsp3) is 0.190. The average Bonchev–Trinajstić information content (AvgIpc) is 3.16. The van der Waals surface area contributed by atoms with Gasteiger partial charge in [-0.1, -0.05) is 42.5 Å². The van der Waals surface area contributed by atoms with Crippen LogP contribution < -0.4 is 4.90 Å². The second kappa shape index (κ2) is 7.22. The van der Waals surface area contributed by atoms with E-state index >= 15 is 0 Å². The fourth-order valence-corrected chi connectivity index (χ4v) is 4.00. The number of amides is 1. The highest BCUT2D eigenvalue weighted by Gasteiger charge is 2.26. The van der Waals surface area contributed by atoms with Gasteiger partial charge < -0.3 is 4.90 Å². The SMILES string of the molecule is O=C1CCN(C(=O)CCc2nc(-c3ccccc3)cs2)c2ccccc21. The number of hydrogen-bond donors (Lipinski definition) is 0. The van der Waals surface area contributed by atoms with Crippen LogP contribution in [0.1, 0.15) is 28.2 Å². The highest BCUT2D eigenvalue weighted by molar-refractivity contribution is 7.09. The zero-order valence-corrected chi connectivity index (χ0v) is 15.0. The molecule has 0 radical (unpaired) electrons. The molecule has 0 aliphatic carbocycles. The molecule has 130 valence electrons. The summed E-state index contributed by atoms with van der Waals surface area (Å²) >= 11 is 1.58. The molecule has 0 fully saturated rings. The van der Waals surface area contributed by atoms with Gasteiger partial charge in [0.2, 0.25) is 5.91 Å². The summed E-state index contributed by atoms with van der Waals surface area (Å²) < 4.78 is 0. The first-order chi connectivity index (χ1) is 12.7. The Morgan fingerprint density at radius 3 is 2.69 bits per heavy atom. The summed E-state index contributed by atoms with van der Waals surface area (Å²) in [6, 6.07) is 17.4. The van der Waals surface area contributed by atoms with Crippen LogP contribution in [0.5, 0.6) is 0 Å². The van der Waals surface area contributed by atoms with Crippen LogP contribution in [0, 0.1) is 0 Å². The van der Waals surface area contributed by atoms with Crippen LogP contribution in [0.25, 0.3) is 11.3 Å². The van der Waals surface area contributed by atoms with Gasteiger partial charge in [-0.05, 0) is 12.1 Å². The van der Waals surface area contributed by atoms with Crippen LogP contribution in [0.4, 0.5) is 5.69 Å². The Morgan fingerprint density at radius 2 is 1.85 bits per heavy atom. The van der Waals surface area contributed by atoms with Crippen molar-refractivity contribution in [1.82, 2.24) is 4.98 Å². The largest absolute Gasteiger partial charge is 0.311 e. The molecule has 0 saturated heterocycles. The third-order valence-corrected chi connectivity index (χ3v) is 5.44. The summed E-state index contributed by atoms with van der Waals surface area (Å²) in [4.78, 5) is 31.1. The molecule has 3 aromatic rings. The number of para-hydroxylation sites is 1. The van der Waals surface area contributed by atoms with E-state index in [1.165, 1.54) is 0 Å². The van der Waals surface area contributed by atoms with Crippen LogP contribution in [0.3, 0.4) is 0 Å². The van der Waals surface area contributed by atoms with E-state index in [1.807, 2.05) is 53.9 Å². The lowest BCUT2D eigenvalue weighted by atomic mass is 10.00. The molecule has 1 aliphatic heterocycles. The highest BCUT2D eigenvalue weighted by atomic mass is 32.1. The third-order valence-electron chi connectivity index (χ3n) is 4.53. The number of Topliss-reactive ketones (excluding diaryl/α,β-unsaturated/α-hetero) is 1. The van der Waals surface area contributed by atoms with Crippen molar-refractivity contribution in [3.8, 4) is 11.3 Å². The highest BCUT2D eigenvalue weighted by Crippen LogP contribution is 2.28. The van der Waals surface area contributed by atoms with Gasteiger partial charge in [-0.2, -0.15) is 0 Å². The number of aryl methyl sites for hydroxylation is 1. The quantitative estimate of drug-likeness (QED) is 0.693. The number of anilines is 1. The van der Waals surface area contributed by atoms with Crippen LogP contribution in [-0.2, 0) is 11.2 Å². The number of ketones is 1. The topological polar surface area (TPSA) is 50.3 Å². The Morgan fingerprint density at radius 1 is 1.08 bits per heavy atom. The zero-order chi connectivity index (χ0) is 17.9. The van der Waals surface area contributed by atoms with Gasteiger partial charge in [-0.25, -0.2) is 4.98 Å². The number of fused-ring (bicyclic) bond motifs is 1. The van der Waals surface area contributed by atoms with Crippen molar-refractivity contribution in [2.45, 2.75) is 19.3 Å². The van der Waals surface area contributed by atoms with Gasteiger partial charge in [0.25, 0.3) is 0 Å². The predicted molar refractivity (Wildman–Crippen MR) is 104 cm³/mol. The lowest BCUT2D eigenvalue weighted by Crippen LogP contribution is -2.37. The van der Waals surface area contributed by atoms with Gasteiger partial charge in [-0.15, -0.1) is 11.3 Å². The van der Waals surface area contributed by atoms with Gasteiger partial charge in [0.1, 0.15) is 0 Å². The Bertz CT molecular complexity index is 949. The first-order valence-electron chi connectivity index (χ1n) is 8.65. The molecule has 5 heteroatoms. The van der Waals surface area contributed by atoms with Crippen molar-refractivity contribution in [1.29, 1.82) is 0 Å². The van der Waals surface area contributed by atoms with Crippen molar-refractivity contribution in [3.63, 3.8) is 0 Å². The van der Waals surface area contributed by atoms with E-state index in [-0.39, 0.29) is 11.7 Å². The lowest BCUT2D eigenvalue weighted by Gasteiger charge is -2.28. The molecule has 0 N–H and O–H groups in total. The molecule has 1 aliphatic rings. The standard InChI is InChI=1S/C21H18N2O2S/c24-19-12-13-23(18-9-5-4-8-16(18)19)21(25)11-10-20-22-17(14-26-20)15-6-2-1-3-7-15/h1-9,14H,10-13H2. The number of aromatic nitrogens is 1. The van der Waals surface area contributed by atoms with E-state index in [0.29, 0.717) is 31.4 Å². The molecule has 0 unspecified atom stereocenters. The molecule has 26 heavy (non-hydrogen) atoms. The summed E-state index contributed by atoms with van der Waals surface area (Å²) in [6.45, 7) is 0.460. The first kappa shape index (κ1) is 16.7. The number of hydrogen-bond acceptors (Lipinski definition) is 4. The van der Waals surface area contributed by atoms with Crippen LogP contribution in [0.15, 0.2) is 60.0 Å². The zero-order valence-electron chi connectivity index (χ0n) is 14.2. The molecule has 1 aromatic heterocycles. The molecular formula is C21H18N2O2S. The molecule has 0 saturated carbocycles. The van der Waals surface area contributed by atoms with Crippen LogP contribution >= 0.6 is 11.3 Å². The third kappa shape index (κ3) is 3.30. The van der Waals surface area contributed by atoms with E-state index in [1.54, 1.807) is 22.3 Å². The molecule has 4 nitrogen and oxygen atoms in total. The Balaban J connectivity index is 1.44. The second-order valence-corrected chi connectivity index (χ2v) is 7.17. The van der Waals surface area contributed by atoms with Crippen LogP contribution in [-0.4, -0.2) is 23.2 Å². The Hall–Kier alpha value is -2.79. The maximum Gasteiger partial charge on any atom is 0.227 e. The number of benzene rings is 2. The van der Waals surface area contributed by atoms with Gasteiger partial charge in [0.05, 0.1) is 16.4 Å². The minimum atomic E-state index is 0.0430. The molecule has 0 bridgehead atoms. The Labute approximate surface area is 156 Å². The normalized spacial score (nSPS) is 13.5. The number of nitrogens with zero attached hydrogens (tertiary/aromatic N) is 2. The summed E-state index contributed by atoms with van der Waals surface area (Å²) in [5, 5.41) is 2.99. The minimum Gasteiger partial charge on any atom is -0.311 e. The Kier molecular flexibility index (Phi) is 4.63. The van der Waals surface area contributed by atoms with Crippen molar-refractivity contribution in [2.24, 2.45) is 0 Å². The average molecular weight is 362 g/mol. The van der Waals surface area contributed by atoms with Gasteiger partial charge >= 0.3 is 0 Å². The molecule has 4 rings (SSSR count). The fourth-order valence-electron chi connectivity index (χ4n) is 3.19. The van der Waals surface area contributed by atoms with Crippen LogP contribution in [0.2, 0.25) is 0 Å². The number of rotatable bonds is 4. The number of thiazole rings is 1. The smallest absolute Gasteiger partial charge is 0.227 e. The second-order valence-electron chi connectivity index (χ2n) is 6.23.